The third-order valence-electron chi connectivity index (χ3n) is 2.70. The van der Waals surface area contributed by atoms with Crippen LogP contribution >= 0.6 is 0 Å². The highest BCUT2D eigenvalue weighted by Crippen LogP contribution is 2.16. The summed E-state index contributed by atoms with van der Waals surface area (Å²) in [5.41, 5.74) is 11.7. The van der Waals surface area contributed by atoms with Crippen LogP contribution in [0.15, 0.2) is 12.1 Å². The third-order valence-corrected chi connectivity index (χ3v) is 2.70. The normalized spacial score (nSPS) is 12.8. The zero-order valence-electron chi connectivity index (χ0n) is 9.62. The zero-order valence-corrected chi connectivity index (χ0v) is 9.62. The highest BCUT2D eigenvalue weighted by molar-refractivity contribution is 5.61. The smallest absolute Gasteiger partial charge is 0.149 e. The van der Waals surface area contributed by atoms with Crippen molar-refractivity contribution in [3.63, 3.8) is 0 Å². The Morgan fingerprint density at radius 2 is 1.93 bits per heavy atom. The van der Waals surface area contributed by atoms with E-state index in [9.17, 15) is 0 Å². The van der Waals surface area contributed by atoms with Crippen molar-refractivity contribution < 1.29 is 0 Å². The van der Waals surface area contributed by atoms with Gasteiger partial charge in [0.1, 0.15) is 11.6 Å². The quantitative estimate of drug-likeness (QED) is 0.706. The Labute approximate surface area is 91.1 Å². The monoisotopic (exact) mass is 208 g/mol. The largest absolute Gasteiger partial charge is 0.396 e. The molecule has 0 fully saturated rings. The Morgan fingerprint density at radius 1 is 1.27 bits per heavy atom. The Hall–Kier alpha value is -1.45. The molecular formula is C11H20N4. The van der Waals surface area contributed by atoms with Crippen LogP contribution < -0.4 is 16.8 Å². The number of hydrogen-bond acceptors (Lipinski definition) is 4. The molecule has 0 aliphatic heterocycles. The van der Waals surface area contributed by atoms with Crippen LogP contribution in [-0.2, 0) is 0 Å². The molecule has 15 heavy (non-hydrogen) atoms. The van der Waals surface area contributed by atoms with Crippen molar-refractivity contribution in [2.75, 3.05) is 23.3 Å². The average molecular weight is 208 g/mol. The minimum atomic E-state index is 0.386. The molecule has 0 spiro atoms. The summed E-state index contributed by atoms with van der Waals surface area (Å²) in [7, 11) is 0. The van der Waals surface area contributed by atoms with Crippen LogP contribution in [0.3, 0.4) is 0 Å². The van der Waals surface area contributed by atoms with Crippen molar-refractivity contribution in [3.05, 3.63) is 12.1 Å². The number of nitrogen functional groups attached to an aromatic ring is 2. The number of nitrogens with zero attached hydrogens (tertiary/aromatic N) is 1. The molecule has 5 N–H and O–H groups in total. The number of rotatable bonds is 4. The van der Waals surface area contributed by atoms with Gasteiger partial charge in [-0.15, -0.1) is 0 Å². The van der Waals surface area contributed by atoms with Gasteiger partial charge < -0.3 is 16.8 Å². The zero-order chi connectivity index (χ0) is 11.4. The minimum absolute atomic E-state index is 0.386. The Kier molecular flexibility index (Phi) is 3.77. The lowest BCUT2D eigenvalue weighted by Crippen LogP contribution is -2.17. The molecule has 4 heteroatoms. The van der Waals surface area contributed by atoms with E-state index in [4.69, 9.17) is 11.5 Å². The Morgan fingerprint density at radius 3 is 2.47 bits per heavy atom. The van der Waals surface area contributed by atoms with Gasteiger partial charge in [0, 0.05) is 6.54 Å². The standard InChI is InChI=1S/C11H20N4/c1-7(2)8(3)6-14-10-5-4-9(12)11(13)15-10/h4-5,7-8H,6,12H2,1-3H3,(H3,13,14,15). The molecule has 0 aromatic carbocycles. The highest BCUT2D eigenvalue weighted by atomic mass is 15.0. The second-order valence-electron chi connectivity index (χ2n) is 4.27. The fraction of sp³-hybridized carbons (Fsp3) is 0.545. The molecule has 0 amide bonds. The van der Waals surface area contributed by atoms with E-state index >= 15 is 0 Å². The summed E-state index contributed by atoms with van der Waals surface area (Å²) >= 11 is 0. The molecule has 0 radical (unpaired) electrons. The number of aromatic nitrogens is 1. The maximum absolute atomic E-state index is 5.61. The van der Waals surface area contributed by atoms with E-state index in [0.717, 1.165) is 12.4 Å². The number of hydrogen-bond donors (Lipinski definition) is 3. The van der Waals surface area contributed by atoms with E-state index in [2.05, 4.69) is 31.1 Å². The van der Waals surface area contributed by atoms with Crippen LogP contribution in [0.5, 0.6) is 0 Å². The van der Waals surface area contributed by atoms with E-state index in [1.54, 1.807) is 6.07 Å². The molecule has 1 heterocycles. The lowest BCUT2D eigenvalue weighted by Gasteiger charge is -2.16. The summed E-state index contributed by atoms with van der Waals surface area (Å²) < 4.78 is 0. The molecule has 4 nitrogen and oxygen atoms in total. The van der Waals surface area contributed by atoms with Crippen molar-refractivity contribution in [1.82, 2.24) is 4.98 Å². The van der Waals surface area contributed by atoms with Crippen molar-refractivity contribution in [2.45, 2.75) is 20.8 Å². The Balaban J connectivity index is 2.55. The van der Waals surface area contributed by atoms with E-state index < -0.39 is 0 Å². The molecule has 84 valence electrons. The van der Waals surface area contributed by atoms with Gasteiger partial charge in [-0.1, -0.05) is 20.8 Å². The van der Waals surface area contributed by atoms with Crippen LogP contribution in [-0.4, -0.2) is 11.5 Å². The molecule has 1 rings (SSSR count). The van der Waals surface area contributed by atoms with E-state index in [0.29, 0.717) is 23.3 Å². The second-order valence-corrected chi connectivity index (χ2v) is 4.27. The predicted molar refractivity (Wildman–Crippen MR) is 65.6 cm³/mol. The maximum atomic E-state index is 5.61. The van der Waals surface area contributed by atoms with Crippen molar-refractivity contribution >= 4 is 17.3 Å². The third kappa shape index (κ3) is 3.31. The highest BCUT2D eigenvalue weighted by Gasteiger charge is 2.07. The summed E-state index contributed by atoms with van der Waals surface area (Å²) in [5, 5.41) is 3.25. The second kappa shape index (κ2) is 4.87. The van der Waals surface area contributed by atoms with Gasteiger partial charge in [0.25, 0.3) is 0 Å². The van der Waals surface area contributed by atoms with Crippen molar-refractivity contribution in [1.29, 1.82) is 0 Å². The van der Waals surface area contributed by atoms with Gasteiger partial charge in [-0.2, -0.15) is 0 Å². The number of anilines is 3. The van der Waals surface area contributed by atoms with Crippen LogP contribution in [0.4, 0.5) is 17.3 Å². The first-order chi connectivity index (χ1) is 7.00. The summed E-state index contributed by atoms with van der Waals surface area (Å²) in [6.45, 7) is 7.51. The van der Waals surface area contributed by atoms with E-state index in [1.807, 2.05) is 6.07 Å². The van der Waals surface area contributed by atoms with Gasteiger partial charge in [-0.05, 0) is 24.0 Å². The molecule has 1 unspecified atom stereocenters. The fourth-order valence-electron chi connectivity index (χ4n) is 1.09. The van der Waals surface area contributed by atoms with Gasteiger partial charge in [-0.3, -0.25) is 0 Å². The van der Waals surface area contributed by atoms with Gasteiger partial charge in [0.15, 0.2) is 0 Å². The molecule has 1 aromatic heterocycles. The van der Waals surface area contributed by atoms with Gasteiger partial charge in [0.05, 0.1) is 5.69 Å². The molecule has 1 atom stereocenters. The molecule has 0 aliphatic rings. The number of nitrogens with two attached hydrogens (primary N) is 2. The topological polar surface area (TPSA) is 77.0 Å². The number of nitrogens with one attached hydrogen (secondary N) is 1. The molecular weight excluding hydrogens is 188 g/mol. The molecule has 0 bridgehead atoms. The molecule has 1 aromatic rings. The summed E-state index contributed by atoms with van der Waals surface area (Å²) in [4.78, 5) is 4.15. The Bertz CT molecular complexity index is 322. The summed E-state index contributed by atoms with van der Waals surface area (Å²) in [6, 6.07) is 3.61. The predicted octanol–water partition coefficient (Wildman–Crippen LogP) is 1.95. The van der Waals surface area contributed by atoms with E-state index in [-0.39, 0.29) is 0 Å². The van der Waals surface area contributed by atoms with Gasteiger partial charge in [0.2, 0.25) is 0 Å². The van der Waals surface area contributed by atoms with Gasteiger partial charge in [-0.25, -0.2) is 4.98 Å². The SMILES string of the molecule is CC(C)C(C)CNc1ccc(N)c(N)n1. The summed E-state index contributed by atoms with van der Waals surface area (Å²) in [6.07, 6.45) is 0. The van der Waals surface area contributed by atoms with Crippen LogP contribution in [0.2, 0.25) is 0 Å². The van der Waals surface area contributed by atoms with Crippen LogP contribution in [0.25, 0.3) is 0 Å². The summed E-state index contributed by atoms with van der Waals surface area (Å²) in [5.74, 6) is 2.43. The van der Waals surface area contributed by atoms with Crippen LogP contribution in [0.1, 0.15) is 20.8 Å². The van der Waals surface area contributed by atoms with Crippen molar-refractivity contribution in [2.24, 2.45) is 11.8 Å². The maximum Gasteiger partial charge on any atom is 0.149 e. The molecule has 0 aliphatic carbocycles. The first-order valence-electron chi connectivity index (χ1n) is 5.26. The lowest BCUT2D eigenvalue weighted by atomic mass is 9.98. The van der Waals surface area contributed by atoms with Crippen LogP contribution in [0, 0.1) is 11.8 Å². The first-order valence-corrected chi connectivity index (χ1v) is 5.26. The fourth-order valence-corrected chi connectivity index (χ4v) is 1.09. The first kappa shape index (κ1) is 11.6. The minimum Gasteiger partial charge on any atom is -0.396 e. The molecule has 0 saturated heterocycles. The average Bonchev–Trinajstić information content (AvgIpc) is 2.19. The van der Waals surface area contributed by atoms with Crippen molar-refractivity contribution in [3.8, 4) is 0 Å². The lowest BCUT2D eigenvalue weighted by molar-refractivity contribution is 0.439. The number of pyridine rings is 1. The van der Waals surface area contributed by atoms with E-state index in [1.165, 1.54) is 0 Å². The van der Waals surface area contributed by atoms with Gasteiger partial charge >= 0.3 is 0 Å². The molecule has 0 saturated carbocycles.